The lowest BCUT2D eigenvalue weighted by molar-refractivity contribution is 0.565. The maximum atomic E-state index is 14.0. The molecule has 0 spiro atoms. The highest BCUT2D eigenvalue weighted by atomic mass is 35.5. The van der Waals surface area contributed by atoms with Gasteiger partial charge in [-0.2, -0.15) is 0 Å². The first-order chi connectivity index (χ1) is 9.86. The van der Waals surface area contributed by atoms with Crippen LogP contribution in [0.15, 0.2) is 47.4 Å². The van der Waals surface area contributed by atoms with E-state index < -0.39 is 15.8 Å². The van der Waals surface area contributed by atoms with Gasteiger partial charge in [-0.25, -0.2) is 12.8 Å². The van der Waals surface area contributed by atoms with E-state index in [4.69, 9.17) is 11.6 Å². The van der Waals surface area contributed by atoms with E-state index in [0.717, 1.165) is 15.9 Å². The quantitative estimate of drug-likeness (QED) is 0.803. The lowest BCUT2D eigenvalue weighted by atomic mass is 10.2. The minimum Gasteiger partial charge on any atom is -0.269 e. The Hall–Kier alpha value is -1.59. The molecular formula is C15H15ClFNO2S. The second kappa shape index (κ2) is 6.03. The molecule has 0 atom stereocenters. The molecule has 0 amide bonds. The predicted molar refractivity (Wildman–Crippen MR) is 82.7 cm³/mol. The van der Waals surface area contributed by atoms with Gasteiger partial charge in [0.2, 0.25) is 0 Å². The second-order valence-electron chi connectivity index (χ2n) is 4.71. The summed E-state index contributed by atoms with van der Waals surface area (Å²) in [6.45, 7) is 1.86. The summed E-state index contributed by atoms with van der Waals surface area (Å²) in [5, 5.41) is 0. The van der Waals surface area contributed by atoms with Crippen molar-refractivity contribution in [2.24, 2.45) is 0 Å². The van der Waals surface area contributed by atoms with Crippen molar-refractivity contribution in [3.05, 3.63) is 59.4 Å². The number of rotatable bonds is 4. The van der Waals surface area contributed by atoms with Gasteiger partial charge in [0.15, 0.2) is 0 Å². The third-order valence-corrected chi connectivity index (χ3v) is 5.28. The molecule has 0 N–H and O–H groups in total. The van der Waals surface area contributed by atoms with Crippen LogP contribution in [-0.4, -0.2) is 15.5 Å². The number of anilines is 1. The van der Waals surface area contributed by atoms with Crippen LogP contribution in [0.1, 0.15) is 11.1 Å². The third kappa shape index (κ3) is 3.19. The van der Waals surface area contributed by atoms with Crippen molar-refractivity contribution >= 4 is 27.3 Å². The average molecular weight is 328 g/mol. The van der Waals surface area contributed by atoms with Crippen molar-refractivity contribution in [3.8, 4) is 0 Å². The summed E-state index contributed by atoms with van der Waals surface area (Å²) in [6.07, 6.45) is 0. The van der Waals surface area contributed by atoms with E-state index in [1.165, 1.54) is 19.2 Å². The number of hydrogen-bond acceptors (Lipinski definition) is 2. The molecule has 0 aliphatic rings. The fourth-order valence-corrected chi connectivity index (χ4v) is 3.34. The highest BCUT2D eigenvalue weighted by molar-refractivity contribution is 7.92. The zero-order valence-electron chi connectivity index (χ0n) is 11.7. The lowest BCUT2D eigenvalue weighted by Crippen LogP contribution is -2.27. The molecule has 3 nitrogen and oxygen atoms in total. The first kappa shape index (κ1) is 15.8. The molecule has 0 radical (unpaired) electrons. The predicted octanol–water partition coefficient (Wildman–Crippen LogP) is 3.70. The van der Waals surface area contributed by atoms with Crippen LogP contribution in [0.2, 0.25) is 0 Å². The molecule has 0 unspecified atom stereocenters. The largest absolute Gasteiger partial charge is 0.269 e. The average Bonchev–Trinajstić information content (AvgIpc) is 2.45. The number of hydrogen-bond donors (Lipinski definition) is 0. The molecule has 0 aromatic heterocycles. The molecule has 21 heavy (non-hydrogen) atoms. The van der Waals surface area contributed by atoms with Gasteiger partial charge >= 0.3 is 0 Å². The number of benzene rings is 2. The van der Waals surface area contributed by atoms with E-state index in [2.05, 4.69) is 0 Å². The highest BCUT2D eigenvalue weighted by Crippen LogP contribution is 2.25. The van der Waals surface area contributed by atoms with Gasteiger partial charge in [0, 0.05) is 12.9 Å². The van der Waals surface area contributed by atoms with Crippen molar-refractivity contribution in [1.29, 1.82) is 0 Å². The van der Waals surface area contributed by atoms with Gasteiger partial charge in [-0.3, -0.25) is 4.31 Å². The molecule has 112 valence electrons. The molecule has 0 saturated heterocycles. The Balaban J connectivity index is 2.47. The summed E-state index contributed by atoms with van der Waals surface area (Å²) in [5.74, 6) is -0.669. The maximum Gasteiger partial charge on any atom is 0.266 e. The van der Waals surface area contributed by atoms with Crippen molar-refractivity contribution in [3.63, 3.8) is 0 Å². The Bertz CT molecular complexity index is 762. The van der Waals surface area contributed by atoms with Crippen molar-refractivity contribution in [2.75, 3.05) is 11.4 Å². The molecule has 2 rings (SSSR count). The van der Waals surface area contributed by atoms with E-state index in [9.17, 15) is 12.8 Å². The molecule has 0 aliphatic carbocycles. The Morgan fingerprint density at radius 2 is 1.90 bits per heavy atom. The normalized spacial score (nSPS) is 11.4. The molecule has 0 aliphatic heterocycles. The monoisotopic (exact) mass is 327 g/mol. The third-order valence-electron chi connectivity index (χ3n) is 3.15. The Morgan fingerprint density at radius 3 is 2.48 bits per heavy atom. The van der Waals surface area contributed by atoms with E-state index in [0.29, 0.717) is 11.3 Å². The van der Waals surface area contributed by atoms with Crippen LogP contribution in [0.4, 0.5) is 10.1 Å². The second-order valence-corrected chi connectivity index (χ2v) is 6.91. The lowest BCUT2D eigenvalue weighted by Gasteiger charge is -2.20. The number of nitrogens with zero attached hydrogens (tertiary/aromatic N) is 1. The molecule has 2 aromatic carbocycles. The van der Waals surface area contributed by atoms with Crippen LogP contribution in [0.5, 0.6) is 0 Å². The van der Waals surface area contributed by atoms with Crippen LogP contribution in [-0.2, 0) is 15.9 Å². The van der Waals surface area contributed by atoms with Gasteiger partial charge in [-0.05, 0) is 42.3 Å². The summed E-state index contributed by atoms with van der Waals surface area (Å²) < 4.78 is 40.1. The summed E-state index contributed by atoms with van der Waals surface area (Å²) in [4.78, 5) is -0.361. The van der Waals surface area contributed by atoms with Crippen molar-refractivity contribution in [1.82, 2.24) is 0 Å². The van der Waals surface area contributed by atoms with E-state index in [1.807, 2.05) is 13.0 Å². The SMILES string of the molecule is Cc1cccc(N(C)S(=O)(=O)c2ccc(CCl)cc2F)c1. The van der Waals surface area contributed by atoms with E-state index in [1.54, 1.807) is 18.2 Å². The van der Waals surface area contributed by atoms with Crippen LogP contribution in [0, 0.1) is 12.7 Å². The number of alkyl halides is 1. The summed E-state index contributed by atoms with van der Waals surface area (Å²) in [6, 6.07) is 10.9. The maximum absolute atomic E-state index is 14.0. The van der Waals surface area contributed by atoms with Gasteiger partial charge < -0.3 is 0 Å². The zero-order chi connectivity index (χ0) is 15.6. The minimum absolute atomic E-state index is 0.130. The van der Waals surface area contributed by atoms with Crippen LogP contribution < -0.4 is 4.31 Å². The number of aryl methyl sites for hydroxylation is 1. The van der Waals surface area contributed by atoms with Crippen molar-refractivity contribution in [2.45, 2.75) is 17.7 Å². The molecule has 0 fully saturated rings. The van der Waals surface area contributed by atoms with Gasteiger partial charge in [-0.15, -0.1) is 11.6 Å². The Kier molecular flexibility index (Phi) is 4.54. The fraction of sp³-hybridized carbons (Fsp3) is 0.200. The molecule has 0 heterocycles. The number of sulfonamides is 1. The summed E-state index contributed by atoms with van der Waals surface area (Å²) in [7, 11) is -2.55. The van der Waals surface area contributed by atoms with Crippen molar-refractivity contribution < 1.29 is 12.8 Å². The molecule has 0 saturated carbocycles. The Morgan fingerprint density at radius 1 is 1.19 bits per heavy atom. The fourth-order valence-electron chi connectivity index (χ4n) is 1.95. The smallest absolute Gasteiger partial charge is 0.266 e. The Labute approximate surface area is 129 Å². The van der Waals surface area contributed by atoms with Gasteiger partial charge in [-0.1, -0.05) is 18.2 Å². The molecule has 6 heteroatoms. The van der Waals surface area contributed by atoms with Gasteiger partial charge in [0.25, 0.3) is 10.0 Å². The topological polar surface area (TPSA) is 37.4 Å². The van der Waals surface area contributed by atoms with E-state index >= 15 is 0 Å². The molecular weight excluding hydrogens is 313 g/mol. The van der Waals surface area contributed by atoms with Crippen LogP contribution >= 0.6 is 11.6 Å². The zero-order valence-corrected chi connectivity index (χ0v) is 13.2. The summed E-state index contributed by atoms with van der Waals surface area (Å²) >= 11 is 5.61. The van der Waals surface area contributed by atoms with Crippen LogP contribution in [0.25, 0.3) is 0 Å². The standard InChI is InChI=1S/C15H15ClFNO2S/c1-11-4-3-5-13(8-11)18(2)21(19,20)15-7-6-12(10-16)9-14(15)17/h3-9H,10H2,1-2H3. The minimum atomic E-state index is -3.95. The van der Waals surface area contributed by atoms with Crippen LogP contribution in [0.3, 0.4) is 0 Å². The highest BCUT2D eigenvalue weighted by Gasteiger charge is 2.25. The number of halogens is 2. The summed E-state index contributed by atoms with van der Waals surface area (Å²) in [5.41, 5.74) is 1.94. The van der Waals surface area contributed by atoms with Gasteiger partial charge in [0.1, 0.15) is 10.7 Å². The molecule has 0 bridgehead atoms. The van der Waals surface area contributed by atoms with Gasteiger partial charge in [0.05, 0.1) is 5.69 Å². The first-order valence-corrected chi connectivity index (χ1v) is 8.23. The van der Waals surface area contributed by atoms with E-state index in [-0.39, 0.29) is 10.8 Å². The first-order valence-electron chi connectivity index (χ1n) is 6.26. The molecule has 2 aromatic rings.